The molecule has 0 aliphatic carbocycles. The summed E-state index contributed by atoms with van der Waals surface area (Å²) in [5, 5.41) is 16.1. The second kappa shape index (κ2) is 4.96. The van der Waals surface area contributed by atoms with Gasteiger partial charge in [-0.2, -0.15) is 0 Å². The molecular weight excluding hydrogens is 258 g/mol. The fourth-order valence-electron chi connectivity index (χ4n) is 1.85. The van der Waals surface area contributed by atoms with Gasteiger partial charge in [0.2, 0.25) is 0 Å². The molecule has 2 aromatic heterocycles. The van der Waals surface area contributed by atoms with Crippen LogP contribution in [0.15, 0.2) is 49.2 Å². The summed E-state index contributed by atoms with van der Waals surface area (Å²) in [6, 6.07) is 7.84. The van der Waals surface area contributed by atoms with Gasteiger partial charge >= 0.3 is 5.97 Å². The minimum atomic E-state index is -1.08. The van der Waals surface area contributed by atoms with Crippen LogP contribution in [-0.4, -0.2) is 35.6 Å². The van der Waals surface area contributed by atoms with E-state index in [9.17, 15) is 4.79 Å². The molecule has 0 amide bonds. The lowest BCUT2D eigenvalue weighted by Crippen LogP contribution is -2.01. The number of hydrogen-bond acceptors (Lipinski definition) is 4. The van der Waals surface area contributed by atoms with Crippen LogP contribution in [0, 0.1) is 0 Å². The summed E-state index contributed by atoms with van der Waals surface area (Å²) in [7, 11) is 0. The van der Waals surface area contributed by atoms with E-state index < -0.39 is 5.97 Å². The summed E-state index contributed by atoms with van der Waals surface area (Å²) < 4.78 is 3.40. The molecule has 0 radical (unpaired) electrons. The highest BCUT2D eigenvalue weighted by Crippen LogP contribution is 2.10. The van der Waals surface area contributed by atoms with Crippen LogP contribution in [0.2, 0.25) is 0 Å². The quantitative estimate of drug-likeness (QED) is 0.769. The minimum absolute atomic E-state index is 0.0555. The molecule has 0 saturated heterocycles. The van der Waals surface area contributed by atoms with Crippen LogP contribution in [0.25, 0.3) is 5.69 Å². The molecule has 0 atom stereocenters. The van der Waals surface area contributed by atoms with Crippen molar-refractivity contribution in [2.24, 2.45) is 0 Å². The SMILES string of the molecule is O=C(O)c1cn(Cc2ccc(-n3ccnc3)cc2)nn1. The second-order valence-corrected chi connectivity index (χ2v) is 4.24. The lowest BCUT2D eigenvalue weighted by Gasteiger charge is -2.04. The topological polar surface area (TPSA) is 85.8 Å². The van der Waals surface area contributed by atoms with E-state index in [-0.39, 0.29) is 5.69 Å². The molecule has 0 aliphatic heterocycles. The predicted octanol–water partition coefficient (Wildman–Crippen LogP) is 1.21. The molecule has 0 unspecified atom stereocenters. The van der Waals surface area contributed by atoms with Gasteiger partial charge in [0.1, 0.15) is 0 Å². The molecule has 20 heavy (non-hydrogen) atoms. The average Bonchev–Trinajstić information content (AvgIpc) is 3.10. The Balaban J connectivity index is 1.76. The molecule has 0 fully saturated rings. The number of carboxylic acids is 1. The van der Waals surface area contributed by atoms with Gasteiger partial charge in [0.05, 0.1) is 19.1 Å². The van der Waals surface area contributed by atoms with Crippen molar-refractivity contribution in [3.8, 4) is 5.69 Å². The second-order valence-electron chi connectivity index (χ2n) is 4.24. The number of aromatic nitrogens is 5. The first-order valence-corrected chi connectivity index (χ1v) is 5.93. The Labute approximate surface area is 114 Å². The number of carboxylic acid groups (broad SMARTS) is 1. The van der Waals surface area contributed by atoms with Crippen molar-refractivity contribution in [1.29, 1.82) is 0 Å². The first-order valence-electron chi connectivity index (χ1n) is 5.93. The maximum absolute atomic E-state index is 10.7. The summed E-state index contributed by atoms with van der Waals surface area (Å²) in [6.07, 6.45) is 6.72. The molecule has 3 rings (SSSR count). The Morgan fingerprint density at radius 2 is 2.05 bits per heavy atom. The zero-order valence-electron chi connectivity index (χ0n) is 10.4. The monoisotopic (exact) mass is 269 g/mol. The van der Waals surface area contributed by atoms with Crippen LogP contribution >= 0.6 is 0 Å². The normalized spacial score (nSPS) is 10.6. The molecule has 0 bridgehead atoms. The first kappa shape index (κ1) is 12.1. The Morgan fingerprint density at radius 3 is 2.65 bits per heavy atom. The molecule has 3 aromatic rings. The Hall–Kier alpha value is -2.96. The van der Waals surface area contributed by atoms with Gasteiger partial charge in [0.15, 0.2) is 5.69 Å². The van der Waals surface area contributed by atoms with Crippen LogP contribution in [-0.2, 0) is 6.54 Å². The van der Waals surface area contributed by atoms with Crippen LogP contribution in [0.5, 0.6) is 0 Å². The largest absolute Gasteiger partial charge is 0.476 e. The van der Waals surface area contributed by atoms with Crippen LogP contribution in [0.3, 0.4) is 0 Å². The van der Waals surface area contributed by atoms with Gasteiger partial charge in [-0.1, -0.05) is 17.3 Å². The van der Waals surface area contributed by atoms with E-state index in [1.54, 1.807) is 12.5 Å². The number of hydrogen-bond donors (Lipinski definition) is 1. The fourth-order valence-corrected chi connectivity index (χ4v) is 1.85. The van der Waals surface area contributed by atoms with Gasteiger partial charge in [-0.25, -0.2) is 14.5 Å². The maximum atomic E-state index is 10.7. The smallest absolute Gasteiger partial charge is 0.358 e. The van der Waals surface area contributed by atoms with Crippen molar-refractivity contribution < 1.29 is 9.90 Å². The van der Waals surface area contributed by atoms with Crippen molar-refractivity contribution in [2.75, 3.05) is 0 Å². The van der Waals surface area contributed by atoms with E-state index in [0.29, 0.717) is 6.54 Å². The summed E-state index contributed by atoms with van der Waals surface area (Å²) in [6.45, 7) is 0.477. The van der Waals surface area contributed by atoms with Gasteiger partial charge in [-0.05, 0) is 17.7 Å². The molecule has 0 aliphatic rings. The Bertz CT molecular complexity index is 716. The molecule has 1 N–H and O–H groups in total. The minimum Gasteiger partial charge on any atom is -0.476 e. The zero-order chi connectivity index (χ0) is 13.9. The van der Waals surface area contributed by atoms with Crippen LogP contribution < -0.4 is 0 Å². The predicted molar refractivity (Wildman–Crippen MR) is 69.6 cm³/mol. The van der Waals surface area contributed by atoms with Crippen molar-refractivity contribution in [2.45, 2.75) is 6.54 Å². The molecule has 7 nitrogen and oxygen atoms in total. The fraction of sp³-hybridized carbons (Fsp3) is 0.0769. The van der Waals surface area contributed by atoms with Gasteiger partial charge in [0, 0.05) is 18.1 Å². The molecule has 7 heteroatoms. The van der Waals surface area contributed by atoms with Crippen LogP contribution in [0.4, 0.5) is 0 Å². The first-order chi connectivity index (χ1) is 9.72. The number of rotatable bonds is 4. The molecule has 100 valence electrons. The Kier molecular flexibility index (Phi) is 3.00. The molecule has 1 aromatic carbocycles. The molecule has 0 spiro atoms. The third kappa shape index (κ3) is 2.41. The van der Waals surface area contributed by atoms with E-state index in [0.717, 1.165) is 11.3 Å². The summed E-state index contributed by atoms with van der Waals surface area (Å²) in [5.41, 5.74) is 1.96. The maximum Gasteiger partial charge on any atom is 0.358 e. The summed E-state index contributed by atoms with van der Waals surface area (Å²) in [5.74, 6) is -1.08. The van der Waals surface area contributed by atoms with Gasteiger partial charge in [0.25, 0.3) is 0 Å². The van der Waals surface area contributed by atoms with E-state index in [1.165, 1.54) is 10.9 Å². The third-order valence-electron chi connectivity index (χ3n) is 2.84. The standard InChI is InChI=1S/C13H11N5O2/c19-13(20)12-8-18(16-15-12)7-10-1-3-11(4-2-10)17-6-5-14-9-17/h1-6,8-9H,7H2,(H,19,20). The van der Waals surface area contributed by atoms with Crippen molar-refractivity contribution >= 4 is 5.97 Å². The molecule has 2 heterocycles. The highest BCUT2D eigenvalue weighted by molar-refractivity contribution is 5.84. The van der Waals surface area contributed by atoms with E-state index in [1.807, 2.05) is 35.0 Å². The number of nitrogens with zero attached hydrogens (tertiary/aromatic N) is 5. The molecular formula is C13H11N5O2. The highest BCUT2D eigenvalue weighted by Gasteiger charge is 2.08. The van der Waals surface area contributed by atoms with E-state index >= 15 is 0 Å². The average molecular weight is 269 g/mol. The van der Waals surface area contributed by atoms with Gasteiger partial charge in [-0.15, -0.1) is 5.10 Å². The highest BCUT2D eigenvalue weighted by atomic mass is 16.4. The van der Waals surface area contributed by atoms with Gasteiger partial charge < -0.3 is 9.67 Å². The van der Waals surface area contributed by atoms with E-state index in [4.69, 9.17) is 5.11 Å². The molecule has 0 saturated carbocycles. The van der Waals surface area contributed by atoms with Crippen LogP contribution in [0.1, 0.15) is 16.1 Å². The van der Waals surface area contributed by atoms with Crippen molar-refractivity contribution in [3.63, 3.8) is 0 Å². The summed E-state index contributed by atoms with van der Waals surface area (Å²) in [4.78, 5) is 14.7. The number of carbonyl (C=O) groups is 1. The number of imidazole rings is 1. The summed E-state index contributed by atoms with van der Waals surface area (Å²) >= 11 is 0. The van der Waals surface area contributed by atoms with Crippen molar-refractivity contribution in [1.82, 2.24) is 24.5 Å². The van der Waals surface area contributed by atoms with Crippen molar-refractivity contribution in [3.05, 3.63) is 60.4 Å². The third-order valence-corrected chi connectivity index (χ3v) is 2.84. The number of benzene rings is 1. The zero-order valence-corrected chi connectivity index (χ0v) is 10.4. The van der Waals surface area contributed by atoms with E-state index in [2.05, 4.69) is 15.3 Å². The number of aromatic carboxylic acids is 1. The lowest BCUT2D eigenvalue weighted by molar-refractivity contribution is 0.0690. The lowest BCUT2D eigenvalue weighted by atomic mass is 10.2. The van der Waals surface area contributed by atoms with Gasteiger partial charge in [-0.3, -0.25) is 0 Å². The Morgan fingerprint density at radius 1 is 1.25 bits per heavy atom.